The van der Waals surface area contributed by atoms with Crippen molar-refractivity contribution in [3.05, 3.63) is 71.5 Å². The summed E-state index contributed by atoms with van der Waals surface area (Å²) >= 11 is 0. The van der Waals surface area contributed by atoms with Gasteiger partial charge in [0.2, 0.25) is 0 Å². The van der Waals surface area contributed by atoms with E-state index in [1.54, 1.807) is 25.3 Å². The molecule has 0 radical (unpaired) electrons. The molecule has 2 N–H and O–H groups in total. The quantitative estimate of drug-likeness (QED) is 0.743. The molecule has 122 valence electrons. The standard InChI is InChI=1S/C19H16O5/c1-23-13-7-5-12(6-8-13)11-14-9-10-17(24-14)15-3-2-4-16(18(15)20)19(21)22/h2-10,20H,11H2,1H3,(H,21,22). The molecule has 2 aromatic carbocycles. The lowest BCUT2D eigenvalue weighted by atomic mass is 10.1. The smallest absolute Gasteiger partial charge is 0.339 e. The third kappa shape index (κ3) is 3.10. The Labute approximate surface area is 138 Å². The summed E-state index contributed by atoms with van der Waals surface area (Å²) in [5.41, 5.74) is 1.26. The summed E-state index contributed by atoms with van der Waals surface area (Å²) in [5.74, 6) is 0.457. The first-order chi connectivity index (χ1) is 11.6. The van der Waals surface area contributed by atoms with Crippen molar-refractivity contribution in [2.75, 3.05) is 7.11 Å². The predicted octanol–water partition coefficient (Wildman–Crippen LogP) is 3.95. The number of aromatic carboxylic acids is 1. The molecule has 0 saturated heterocycles. The number of para-hydroxylation sites is 1. The van der Waals surface area contributed by atoms with Crippen molar-refractivity contribution >= 4 is 5.97 Å². The van der Waals surface area contributed by atoms with Crippen LogP contribution in [0.5, 0.6) is 11.5 Å². The molecule has 0 atom stereocenters. The van der Waals surface area contributed by atoms with Crippen LogP contribution < -0.4 is 4.74 Å². The minimum Gasteiger partial charge on any atom is -0.506 e. The van der Waals surface area contributed by atoms with Crippen LogP contribution >= 0.6 is 0 Å². The van der Waals surface area contributed by atoms with Gasteiger partial charge in [-0.05, 0) is 42.0 Å². The molecule has 0 saturated carbocycles. The lowest BCUT2D eigenvalue weighted by molar-refractivity contribution is 0.0694. The number of hydrogen-bond donors (Lipinski definition) is 2. The summed E-state index contributed by atoms with van der Waals surface area (Å²) in [7, 11) is 1.62. The molecule has 0 aliphatic carbocycles. The first-order valence-corrected chi connectivity index (χ1v) is 7.36. The maximum Gasteiger partial charge on any atom is 0.339 e. The third-order valence-corrected chi connectivity index (χ3v) is 3.73. The van der Waals surface area contributed by atoms with E-state index in [-0.39, 0.29) is 11.3 Å². The summed E-state index contributed by atoms with van der Waals surface area (Å²) < 4.78 is 10.9. The fraction of sp³-hybridized carbons (Fsp3) is 0.105. The van der Waals surface area contributed by atoms with Gasteiger partial charge in [-0.3, -0.25) is 0 Å². The molecule has 0 unspecified atom stereocenters. The van der Waals surface area contributed by atoms with Crippen LogP contribution in [0, 0.1) is 0 Å². The summed E-state index contributed by atoms with van der Waals surface area (Å²) in [6.45, 7) is 0. The van der Waals surface area contributed by atoms with Crippen LogP contribution in [0.2, 0.25) is 0 Å². The van der Waals surface area contributed by atoms with Crippen molar-refractivity contribution in [2.45, 2.75) is 6.42 Å². The van der Waals surface area contributed by atoms with Crippen molar-refractivity contribution in [2.24, 2.45) is 0 Å². The molecule has 24 heavy (non-hydrogen) atoms. The summed E-state index contributed by atoms with van der Waals surface area (Å²) in [5, 5.41) is 19.2. The third-order valence-electron chi connectivity index (χ3n) is 3.73. The Morgan fingerprint density at radius 2 is 1.83 bits per heavy atom. The first kappa shape index (κ1) is 15.7. The molecule has 0 spiro atoms. The van der Waals surface area contributed by atoms with Crippen molar-refractivity contribution in [1.29, 1.82) is 0 Å². The fourth-order valence-electron chi connectivity index (χ4n) is 2.48. The minimum atomic E-state index is -1.18. The molecule has 0 aliphatic rings. The average molecular weight is 324 g/mol. The zero-order valence-electron chi connectivity index (χ0n) is 13.0. The fourth-order valence-corrected chi connectivity index (χ4v) is 2.48. The van der Waals surface area contributed by atoms with E-state index in [0.29, 0.717) is 17.7 Å². The molecule has 1 heterocycles. The normalized spacial score (nSPS) is 10.5. The number of rotatable bonds is 5. The van der Waals surface area contributed by atoms with Gasteiger partial charge >= 0.3 is 5.97 Å². The highest BCUT2D eigenvalue weighted by Crippen LogP contribution is 2.33. The van der Waals surface area contributed by atoms with Crippen LogP contribution in [-0.2, 0) is 6.42 Å². The van der Waals surface area contributed by atoms with Crippen LogP contribution in [0.25, 0.3) is 11.3 Å². The van der Waals surface area contributed by atoms with E-state index < -0.39 is 5.97 Å². The number of phenols is 1. The van der Waals surface area contributed by atoms with Gasteiger partial charge < -0.3 is 19.4 Å². The summed E-state index contributed by atoms with van der Waals surface area (Å²) in [6.07, 6.45) is 0.587. The van der Waals surface area contributed by atoms with Gasteiger partial charge in [0.1, 0.15) is 28.6 Å². The maximum atomic E-state index is 11.1. The molecule has 3 aromatic rings. The minimum absolute atomic E-state index is 0.152. The van der Waals surface area contributed by atoms with Gasteiger partial charge in [0.15, 0.2) is 0 Å². The van der Waals surface area contributed by atoms with Gasteiger partial charge in [0.25, 0.3) is 0 Å². The number of furan rings is 1. The lowest BCUT2D eigenvalue weighted by Crippen LogP contribution is -1.97. The van der Waals surface area contributed by atoms with E-state index in [1.165, 1.54) is 6.07 Å². The number of carbonyl (C=O) groups is 1. The van der Waals surface area contributed by atoms with Crippen LogP contribution in [-0.4, -0.2) is 23.3 Å². The molecule has 5 nitrogen and oxygen atoms in total. The largest absolute Gasteiger partial charge is 0.506 e. The monoisotopic (exact) mass is 324 g/mol. The number of ether oxygens (including phenoxy) is 1. The van der Waals surface area contributed by atoms with Gasteiger partial charge in [-0.1, -0.05) is 18.2 Å². The Morgan fingerprint density at radius 3 is 2.50 bits per heavy atom. The Hall–Kier alpha value is -3.21. The van der Waals surface area contributed by atoms with Gasteiger partial charge in [0.05, 0.1) is 12.7 Å². The van der Waals surface area contributed by atoms with Gasteiger partial charge in [-0.2, -0.15) is 0 Å². The zero-order valence-corrected chi connectivity index (χ0v) is 13.0. The molecule has 0 bridgehead atoms. The van der Waals surface area contributed by atoms with E-state index in [0.717, 1.165) is 17.1 Å². The second-order valence-electron chi connectivity index (χ2n) is 5.30. The number of hydrogen-bond acceptors (Lipinski definition) is 4. The number of carboxylic acids is 1. The molecule has 1 aromatic heterocycles. The highest BCUT2D eigenvalue weighted by Gasteiger charge is 2.16. The number of aromatic hydroxyl groups is 1. The highest BCUT2D eigenvalue weighted by atomic mass is 16.5. The predicted molar refractivity (Wildman–Crippen MR) is 88.6 cm³/mol. The van der Waals surface area contributed by atoms with E-state index >= 15 is 0 Å². The average Bonchev–Trinajstić information content (AvgIpc) is 3.03. The number of benzene rings is 2. The number of methoxy groups -OCH3 is 1. The highest BCUT2D eigenvalue weighted by molar-refractivity contribution is 5.93. The maximum absolute atomic E-state index is 11.1. The first-order valence-electron chi connectivity index (χ1n) is 7.36. The van der Waals surface area contributed by atoms with Crippen LogP contribution in [0.3, 0.4) is 0 Å². The molecule has 3 rings (SSSR count). The lowest BCUT2D eigenvalue weighted by Gasteiger charge is -2.05. The molecule has 5 heteroatoms. The molecule has 0 aliphatic heterocycles. The van der Waals surface area contributed by atoms with Crippen LogP contribution in [0.15, 0.2) is 59.0 Å². The zero-order chi connectivity index (χ0) is 17.1. The second-order valence-corrected chi connectivity index (χ2v) is 5.30. The second kappa shape index (κ2) is 6.50. The Bertz CT molecular complexity index is 862. The van der Waals surface area contributed by atoms with Crippen molar-refractivity contribution in [3.8, 4) is 22.8 Å². The van der Waals surface area contributed by atoms with E-state index in [9.17, 15) is 9.90 Å². The molecular formula is C19H16O5. The summed E-state index contributed by atoms with van der Waals surface area (Å²) in [6, 6.07) is 15.7. The van der Waals surface area contributed by atoms with Gasteiger partial charge in [0, 0.05) is 6.42 Å². The van der Waals surface area contributed by atoms with E-state index in [2.05, 4.69) is 0 Å². The van der Waals surface area contributed by atoms with Crippen molar-refractivity contribution in [3.63, 3.8) is 0 Å². The van der Waals surface area contributed by atoms with E-state index in [4.69, 9.17) is 14.3 Å². The molecule has 0 amide bonds. The molecule has 0 fully saturated rings. The Morgan fingerprint density at radius 1 is 1.08 bits per heavy atom. The molecular weight excluding hydrogens is 308 g/mol. The Kier molecular flexibility index (Phi) is 4.24. The van der Waals surface area contributed by atoms with Gasteiger partial charge in [-0.25, -0.2) is 4.79 Å². The topological polar surface area (TPSA) is 79.9 Å². The van der Waals surface area contributed by atoms with Crippen LogP contribution in [0.1, 0.15) is 21.7 Å². The SMILES string of the molecule is COc1ccc(Cc2ccc(-c3cccc(C(=O)O)c3O)o2)cc1. The summed E-state index contributed by atoms with van der Waals surface area (Å²) in [4.78, 5) is 11.1. The van der Waals surface area contributed by atoms with E-state index in [1.807, 2.05) is 30.3 Å². The Balaban J connectivity index is 1.85. The number of carboxylic acid groups (broad SMARTS) is 1. The van der Waals surface area contributed by atoms with Crippen molar-refractivity contribution in [1.82, 2.24) is 0 Å². The van der Waals surface area contributed by atoms with Crippen molar-refractivity contribution < 1.29 is 24.2 Å². The van der Waals surface area contributed by atoms with Crippen LogP contribution in [0.4, 0.5) is 0 Å². The van der Waals surface area contributed by atoms with Gasteiger partial charge in [-0.15, -0.1) is 0 Å².